The summed E-state index contributed by atoms with van der Waals surface area (Å²) in [4.78, 5) is 25.9. The first kappa shape index (κ1) is 19.4. The highest BCUT2D eigenvalue weighted by Gasteiger charge is 2.28. The summed E-state index contributed by atoms with van der Waals surface area (Å²) < 4.78 is 1.63. The van der Waals surface area contributed by atoms with Crippen molar-refractivity contribution < 1.29 is 9.59 Å². The molecule has 144 valence electrons. The van der Waals surface area contributed by atoms with Gasteiger partial charge in [-0.2, -0.15) is 0 Å². The molecule has 0 aliphatic carbocycles. The molecule has 3 rings (SSSR count). The Kier molecular flexibility index (Phi) is 6.45. The predicted octanol–water partition coefficient (Wildman–Crippen LogP) is 2.50. The molecule has 2 amide bonds. The SMILES string of the molecule is CC(=O)NCCC1CCCCN1C(=O)c1cn(Cc2ccccc2Cl)nn1. The maximum Gasteiger partial charge on any atom is 0.276 e. The second kappa shape index (κ2) is 8.99. The maximum atomic E-state index is 12.9. The number of hydrogen-bond acceptors (Lipinski definition) is 4. The van der Waals surface area contributed by atoms with Gasteiger partial charge in [-0.3, -0.25) is 9.59 Å². The molecule has 0 spiro atoms. The van der Waals surface area contributed by atoms with Gasteiger partial charge in [-0.25, -0.2) is 4.68 Å². The summed E-state index contributed by atoms with van der Waals surface area (Å²) in [6, 6.07) is 7.66. The van der Waals surface area contributed by atoms with E-state index in [2.05, 4.69) is 15.6 Å². The molecule has 1 saturated heterocycles. The predicted molar refractivity (Wildman–Crippen MR) is 103 cm³/mol. The standard InChI is InChI=1S/C19H24ClN5O2/c1-14(26)21-10-9-16-7-4-5-11-25(16)19(27)18-13-24(23-22-18)12-15-6-2-3-8-17(15)20/h2-3,6,8,13,16H,4-5,7,9-12H2,1H3,(H,21,26). The van der Waals surface area contributed by atoms with Crippen molar-refractivity contribution in [3.8, 4) is 0 Å². The molecule has 0 bridgehead atoms. The van der Waals surface area contributed by atoms with Gasteiger partial charge >= 0.3 is 0 Å². The summed E-state index contributed by atoms with van der Waals surface area (Å²) in [5, 5.41) is 11.6. The van der Waals surface area contributed by atoms with Crippen LogP contribution in [0.1, 0.15) is 48.7 Å². The second-order valence-electron chi connectivity index (χ2n) is 6.81. The van der Waals surface area contributed by atoms with E-state index in [4.69, 9.17) is 11.6 Å². The number of benzene rings is 1. The topological polar surface area (TPSA) is 80.1 Å². The number of halogens is 1. The van der Waals surface area contributed by atoms with Gasteiger partial charge in [0, 0.05) is 31.1 Å². The normalized spacial score (nSPS) is 17.0. The van der Waals surface area contributed by atoms with Crippen LogP contribution in [0.4, 0.5) is 0 Å². The van der Waals surface area contributed by atoms with E-state index in [0.29, 0.717) is 30.4 Å². The monoisotopic (exact) mass is 389 g/mol. The Morgan fingerprint density at radius 3 is 2.89 bits per heavy atom. The molecule has 7 nitrogen and oxygen atoms in total. The smallest absolute Gasteiger partial charge is 0.276 e. The van der Waals surface area contributed by atoms with E-state index in [0.717, 1.165) is 31.2 Å². The lowest BCUT2D eigenvalue weighted by atomic mass is 9.99. The number of aromatic nitrogens is 3. The first-order valence-corrected chi connectivity index (χ1v) is 9.61. The summed E-state index contributed by atoms with van der Waals surface area (Å²) in [5.41, 5.74) is 1.27. The van der Waals surface area contributed by atoms with Crippen LogP contribution in [0.2, 0.25) is 5.02 Å². The average Bonchev–Trinajstić information content (AvgIpc) is 3.12. The molecule has 0 radical (unpaired) electrons. The Bertz CT molecular complexity index is 807. The van der Waals surface area contributed by atoms with Crippen LogP contribution in [0.25, 0.3) is 0 Å². The summed E-state index contributed by atoms with van der Waals surface area (Å²) in [6.45, 7) is 3.25. The van der Waals surface area contributed by atoms with Crippen LogP contribution in [0.5, 0.6) is 0 Å². The quantitative estimate of drug-likeness (QED) is 0.823. The molecule has 1 fully saturated rings. The average molecular weight is 390 g/mol. The molecule has 1 aliphatic rings. The third kappa shape index (κ3) is 5.07. The molecule has 1 N–H and O–H groups in total. The van der Waals surface area contributed by atoms with Crippen molar-refractivity contribution in [2.45, 2.75) is 45.2 Å². The van der Waals surface area contributed by atoms with E-state index in [1.54, 1.807) is 10.9 Å². The zero-order chi connectivity index (χ0) is 19.2. The molecule has 1 aliphatic heterocycles. The van der Waals surface area contributed by atoms with Crippen molar-refractivity contribution >= 4 is 23.4 Å². The van der Waals surface area contributed by atoms with Crippen molar-refractivity contribution in [3.05, 3.63) is 46.7 Å². The van der Waals surface area contributed by atoms with E-state index in [-0.39, 0.29) is 17.9 Å². The molecule has 2 aromatic rings. The van der Waals surface area contributed by atoms with Crippen molar-refractivity contribution in [1.29, 1.82) is 0 Å². The summed E-state index contributed by atoms with van der Waals surface area (Å²) >= 11 is 6.19. The number of carbonyl (C=O) groups is 2. The Balaban J connectivity index is 1.66. The summed E-state index contributed by atoms with van der Waals surface area (Å²) in [5.74, 6) is -0.154. The molecule has 27 heavy (non-hydrogen) atoms. The highest BCUT2D eigenvalue weighted by Crippen LogP contribution is 2.21. The van der Waals surface area contributed by atoms with Crippen LogP contribution in [0.15, 0.2) is 30.5 Å². The highest BCUT2D eigenvalue weighted by atomic mass is 35.5. The first-order chi connectivity index (χ1) is 13.0. The molecule has 1 atom stereocenters. The Hall–Kier alpha value is -2.41. The highest BCUT2D eigenvalue weighted by molar-refractivity contribution is 6.31. The van der Waals surface area contributed by atoms with Crippen LogP contribution in [0, 0.1) is 0 Å². The third-order valence-electron chi connectivity index (χ3n) is 4.79. The zero-order valence-corrected chi connectivity index (χ0v) is 16.2. The Morgan fingerprint density at radius 1 is 1.30 bits per heavy atom. The molecule has 0 saturated carbocycles. The fourth-order valence-electron chi connectivity index (χ4n) is 3.40. The van der Waals surface area contributed by atoms with Gasteiger partial charge in [0.15, 0.2) is 5.69 Å². The molecular weight excluding hydrogens is 366 g/mol. The molecule has 1 unspecified atom stereocenters. The number of hydrogen-bond donors (Lipinski definition) is 1. The van der Waals surface area contributed by atoms with Gasteiger partial charge in [-0.1, -0.05) is 35.0 Å². The van der Waals surface area contributed by atoms with Gasteiger partial charge in [0.2, 0.25) is 5.91 Å². The number of rotatable bonds is 6. The Labute approximate surface area is 163 Å². The van der Waals surface area contributed by atoms with Crippen molar-refractivity contribution in [1.82, 2.24) is 25.2 Å². The van der Waals surface area contributed by atoms with Crippen LogP contribution >= 0.6 is 11.6 Å². The fraction of sp³-hybridized carbons (Fsp3) is 0.474. The van der Waals surface area contributed by atoms with E-state index in [1.807, 2.05) is 29.2 Å². The van der Waals surface area contributed by atoms with E-state index in [1.165, 1.54) is 6.92 Å². The molecule has 1 aromatic carbocycles. The number of carbonyl (C=O) groups excluding carboxylic acids is 2. The second-order valence-corrected chi connectivity index (χ2v) is 7.22. The van der Waals surface area contributed by atoms with Gasteiger partial charge in [-0.15, -0.1) is 5.10 Å². The number of likely N-dealkylation sites (tertiary alicyclic amines) is 1. The van der Waals surface area contributed by atoms with Gasteiger partial charge in [0.25, 0.3) is 5.91 Å². The minimum atomic E-state index is -0.104. The molecule has 1 aromatic heterocycles. The van der Waals surface area contributed by atoms with E-state index < -0.39 is 0 Å². The lowest BCUT2D eigenvalue weighted by Gasteiger charge is -2.35. The molecule has 8 heteroatoms. The van der Waals surface area contributed by atoms with Crippen LogP contribution in [-0.2, 0) is 11.3 Å². The van der Waals surface area contributed by atoms with Crippen LogP contribution < -0.4 is 5.32 Å². The van der Waals surface area contributed by atoms with E-state index >= 15 is 0 Å². The lowest BCUT2D eigenvalue weighted by Crippen LogP contribution is -2.45. The van der Waals surface area contributed by atoms with Gasteiger partial charge in [0.05, 0.1) is 12.7 Å². The van der Waals surface area contributed by atoms with Crippen LogP contribution in [0.3, 0.4) is 0 Å². The number of amides is 2. The number of piperidine rings is 1. The fourth-order valence-corrected chi connectivity index (χ4v) is 3.60. The maximum absolute atomic E-state index is 12.9. The van der Waals surface area contributed by atoms with E-state index in [9.17, 15) is 9.59 Å². The first-order valence-electron chi connectivity index (χ1n) is 9.23. The van der Waals surface area contributed by atoms with Crippen molar-refractivity contribution in [2.75, 3.05) is 13.1 Å². The lowest BCUT2D eigenvalue weighted by molar-refractivity contribution is -0.119. The van der Waals surface area contributed by atoms with Gasteiger partial charge < -0.3 is 10.2 Å². The third-order valence-corrected chi connectivity index (χ3v) is 5.16. The van der Waals surface area contributed by atoms with Gasteiger partial charge in [0.1, 0.15) is 0 Å². The summed E-state index contributed by atoms with van der Waals surface area (Å²) in [7, 11) is 0. The zero-order valence-electron chi connectivity index (χ0n) is 15.4. The summed E-state index contributed by atoms with van der Waals surface area (Å²) in [6.07, 6.45) is 5.44. The van der Waals surface area contributed by atoms with Crippen molar-refractivity contribution in [3.63, 3.8) is 0 Å². The van der Waals surface area contributed by atoms with Gasteiger partial charge in [-0.05, 0) is 37.3 Å². The minimum Gasteiger partial charge on any atom is -0.356 e. The Morgan fingerprint density at radius 2 is 2.11 bits per heavy atom. The molecular formula is C19H24ClN5O2. The van der Waals surface area contributed by atoms with Crippen LogP contribution in [-0.4, -0.2) is 50.8 Å². The van der Waals surface area contributed by atoms with Crippen molar-refractivity contribution in [2.24, 2.45) is 0 Å². The largest absolute Gasteiger partial charge is 0.356 e. The number of nitrogens with one attached hydrogen (secondary N) is 1. The minimum absolute atomic E-state index is 0.0498. The molecule has 2 heterocycles. The number of nitrogens with zero attached hydrogens (tertiary/aromatic N) is 4.